The van der Waals surface area contributed by atoms with Gasteiger partial charge in [-0.15, -0.1) is 0 Å². The van der Waals surface area contributed by atoms with Crippen molar-refractivity contribution < 1.29 is 21.6 Å². The Morgan fingerprint density at radius 1 is 1.04 bits per heavy atom. The largest absolute Gasteiger partial charge is 0.280 e. The van der Waals surface area contributed by atoms with Crippen molar-refractivity contribution in [2.45, 2.75) is 11.8 Å². The Kier molecular flexibility index (Phi) is 4.29. The second-order valence-electron chi connectivity index (χ2n) is 5.75. The van der Waals surface area contributed by atoms with E-state index in [1.807, 2.05) is 0 Å². The molecular weight excluding hydrogens is 364 g/mol. The third kappa shape index (κ3) is 3.38. The Hall–Kier alpha value is -2.39. The first kappa shape index (κ1) is 17.4. The van der Waals surface area contributed by atoms with Gasteiger partial charge in [0.05, 0.1) is 22.3 Å². The van der Waals surface area contributed by atoms with Gasteiger partial charge in [-0.1, -0.05) is 25.1 Å². The number of amides is 1. The molecule has 2 aromatic rings. The molecular formula is C16H16N2O5S2. The molecule has 1 amide bonds. The van der Waals surface area contributed by atoms with Gasteiger partial charge in [0.15, 0.2) is 0 Å². The van der Waals surface area contributed by atoms with Gasteiger partial charge in [-0.3, -0.25) is 9.52 Å². The summed E-state index contributed by atoms with van der Waals surface area (Å²) in [6, 6.07) is 13.6. The molecule has 1 aliphatic rings. The Morgan fingerprint density at radius 2 is 1.64 bits per heavy atom. The molecule has 0 spiro atoms. The number of sulfonamides is 2. The minimum Gasteiger partial charge on any atom is -0.280 e. The Labute approximate surface area is 146 Å². The topological polar surface area (TPSA) is 101 Å². The van der Waals surface area contributed by atoms with Crippen LogP contribution in [0.25, 0.3) is 0 Å². The predicted molar refractivity (Wildman–Crippen MR) is 94.1 cm³/mol. The number of hydrogen-bond donors (Lipinski definition) is 1. The molecule has 0 bridgehead atoms. The molecule has 0 saturated carbocycles. The Morgan fingerprint density at radius 3 is 2.16 bits per heavy atom. The van der Waals surface area contributed by atoms with E-state index in [-0.39, 0.29) is 16.3 Å². The molecule has 1 fully saturated rings. The van der Waals surface area contributed by atoms with E-state index in [1.165, 1.54) is 24.3 Å². The minimum absolute atomic E-state index is 0.0304. The van der Waals surface area contributed by atoms with Crippen molar-refractivity contribution in [1.29, 1.82) is 0 Å². The summed E-state index contributed by atoms with van der Waals surface area (Å²) in [6.45, 7) is 1.54. The molecule has 132 valence electrons. The number of rotatable bonds is 4. The first-order valence-electron chi connectivity index (χ1n) is 7.45. The molecule has 0 aliphatic carbocycles. The summed E-state index contributed by atoms with van der Waals surface area (Å²) in [7, 11) is -7.53. The van der Waals surface area contributed by atoms with Crippen molar-refractivity contribution in [3.8, 4) is 0 Å². The van der Waals surface area contributed by atoms with Crippen LogP contribution in [-0.4, -0.2) is 28.5 Å². The Balaban J connectivity index is 1.89. The van der Waals surface area contributed by atoms with Crippen LogP contribution in [-0.2, 0) is 24.8 Å². The number of anilines is 2. The van der Waals surface area contributed by atoms with E-state index >= 15 is 0 Å². The monoisotopic (exact) mass is 380 g/mol. The van der Waals surface area contributed by atoms with Crippen molar-refractivity contribution in [3.63, 3.8) is 0 Å². The molecule has 0 radical (unpaired) electrons. The molecule has 2 aromatic carbocycles. The lowest BCUT2D eigenvalue weighted by atomic mass is 10.2. The minimum atomic E-state index is -3.81. The highest BCUT2D eigenvalue weighted by molar-refractivity contribution is 7.94. The number of benzene rings is 2. The van der Waals surface area contributed by atoms with E-state index in [9.17, 15) is 21.6 Å². The van der Waals surface area contributed by atoms with Crippen LogP contribution >= 0.6 is 0 Å². The van der Waals surface area contributed by atoms with E-state index in [0.717, 1.165) is 4.31 Å². The predicted octanol–water partition coefficient (Wildman–Crippen LogP) is 1.80. The lowest BCUT2D eigenvalue weighted by molar-refractivity contribution is -0.119. The number of carbonyl (C=O) groups is 1. The van der Waals surface area contributed by atoms with Gasteiger partial charge in [-0.2, -0.15) is 0 Å². The van der Waals surface area contributed by atoms with Gasteiger partial charge in [0.25, 0.3) is 10.0 Å². The number of para-hydroxylation sites is 1. The zero-order chi connectivity index (χ0) is 18.2. The van der Waals surface area contributed by atoms with Crippen molar-refractivity contribution in [2.24, 2.45) is 5.92 Å². The van der Waals surface area contributed by atoms with Gasteiger partial charge < -0.3 is 0 Å². The third-order valence-corrected chi connectivity index (χ3v) is 7.03. The molecule has 1 aliphatic heterocycles. The molecule has 7 nitrogen and oxygen atoms in total. The fourth-order valence-electron chi connectivity index (χ4n) is 2.57. The molecule has 25 heavy (non-hydrogen) atoms. The van der Waals surface area contributed by atoms with Crippen LogP contribution in [0, 0.1) is 5.92 Å². The highest BCUT2D eigenvalue weighted by atomic mass is 32.2. The fourth-order valence-corrected chi connectivity index (χ4v) is 5.45. The smallest absolute Gasteiger partial charge is 0.261 e. The van der Waals surface area contributed by atoms with E-state index in [0.29, 0.717) is 5.69 Å². The lowest BCUT2D eigenvalue weighted by Crippen LogP contribution is -2.30. The SMILES string of the molecule is CC1CS(=O)(=O)N(c2ccc(S(=O)(=O)Nc3ccccc3)cc2)C1=O. The van der Waals surface area contributed by atoms with Crippen LogP contribution in [0.2, 0.25) is 0 Å². The number of nitrogens with zero attached hydrogens (tertiary/aromatic N) is 1. The number of hydrogen-bond acceptors (Lipinski definition) is 5. The summed E-state index contributed by atoms with van der Waals surface area (Å²) in [5, 5.41) is 0. The first-order chi connectivity index (χ1) is 11.7. The van der Waals surface area contributed by atoms with Crippen LogP contribution in [0.15, 0.2) is 59.5 Å². The maximum Gasteiger partial charge on any atom is 0.261 e. The number of carbonyl (C=O) groups excluding carboxylic acids is 1. The summed E-state index contributed by atoms with van der Waals surface area (Å²) in [5.41, 5.74) is 0.547. The van der Waals surface area contributed by atoms with E-state index in [1.54, 1.807) is 37.3 Å². The van der Waals surface area contributed by atoms with Crippen LogP contribution in [0.1, 0.15) is 6.92 Å². The fraction of sp³-hybridized carbons (Fsp3) is 0.188. The van der Waals surface area contributed by atoms with Crippen LogP contribution < -0.4 is 9.03 Å². The van der Waals surface area contributed by atoms with Crippen LogP contribution in [0.5, 0.6) is 0 Å². The zero-order valence-corrected chi connectivity index (χ0v) is 14.9. The van der Waals surface area contributed by atoms with Crippen LogP contribution in [0.3, 0.4) is 0 Å². The average Bonchev–Trinajstić information content (AvgIpc) is 2.75. The molecule has 1 N–H and O–H groups in total. The molecule has 1 heterocycles. The summed E-state index contributed by atoms with van der Waals surface area (Å²) < 4.78 is 52.1. The maximum atomic E-state index is 12.4. The van der Waals surface area contributed by atoms with Gasteiger partial charge in [-0.05, 0) is 36.4 Å². The summed E-state index contributed by atoms with van der Waals surface area (Å²) >= 11 is 0. The molecule has 1 atom stereocenters. The van der Waals surface area contributed by atoms with Gasteiger partial charge >= 0.3 is 0 Å². The summed E-state index contributed by atoms with van der Waals surface area (Å²) in [4.78, 5) is 12.0. The third-order valence-electron chi connectivity index (χ3n) is 3.77. The average molecular weight is 380 g/mol. The van der Waals surface area contributed by atoms with Crippen molar-refractivity contribution >= 4 is 37.3 Å². The quantitative estimate of drug-likeness (QED) is 0.872. The van der Waals surface area contributed by atoms with E-state index in [2.05, 4.69) is 4.72 Å². The van der Waals surface area contributed by atoms with Crippen molar-refractivity contribution in [3.05, 3.63) is 54.6 Å². The normalized spacial score (nSPS) is 19.8. The highest BCUT2D eigenvalue weighted by Gasteiger charge is 2.41. The maximum absolute atomic E-state index is 12.4. The highest BCUT2D eigenvalue weighted by Crippen LogP contribution is 2.29. The van der Waals surface area contributed by atoms with E-state index in [4.69, 9.17) is 0 Å². The molecule has 1 unspecified atom stereocenters. The second-order valence-corrected chi connectivity index (χ2v) is 9.29. The van der Waals surface area contributed by atoms with E-state index < -0.39 is 31.9 Å². The lowest BCUT2D eigenvalue weighted by Gasteiger charge is -2.16. The van der Waals surface area contributed by atoms with Crippen molar-refractivity contribution in [2.75, 3.05) is 14.8 Å². The van der Waals surface area contributed by atoms with Gasteiger partial charge in [0.1, 0.15) is 0 Å². The first-order valence-corrected chi connectivity index (χ1v) is 10.5. The zero-order valence-electron chi connectivity index (χ0n) is 13.3. The Bertz CT molecular complexity index is 1000. The van der Waals surface area contributed by atoms with Crippen molar-refractivity contribution in [1.82, 2.24) is 0 Å². The molecule has 0 aromatic heterocycles. The standard InChI is InChI=1S/C16H16N2O5S2/c1-12-11-24(20,21)18(16(12)19)14-7-9-15(10-8-14)25(22,23)17-13-5-3-2-4-6-13/h2-10,12,17H,11H2,1H3. The number of nitrogens with one attached hydrogen (secondary N) is 1. The summed E-state index contributed by atoms with van der Waals surface area (Å²) in [5.74, 6) is -1.38. The van der Waals surface area contributed by atoms with Gasteiger partial charge in [0.2, 0.25) is 15.9 Å². The molecule has 3 rings (SSSR count). The van der Waals surface area contributed by atoms with Gasteiger partial charge in [-0.25, -0.2) is 21.1 Å². The summed E-state index contributed by atoms with van der Waals surface area (Å²) in [6.07, 6.45) is 0. The van der Waals surface area contributed by atoms with Gasteiger partial charge in [0, 0.05) is 5.69 Å². The second kappa shape index (κ2) is 6.16. The van der Waals surface area contributed by atoms with Crippen LogP contribution in [0.4, 0.5) is 11.4 Å². The molecule has 1 saturated heterocycles. The molecule has 9 heteroatoms.